The maximum Gasteiger partial charge on any atom is 0.163 e. The SMILES string of the molecule is COCCOCCOCCOCCOCCOC[C@@H]1OC(C)(C)O[C@H]1[C@@H](N)CC1OCCO1. The Bertz CT molecular complexity index is 478. The molecule has 0 unspecified atom stereocenters. The Morgan fingerprint density at radius 1 is 0.758 bits per heavy atom. The molecule has 2 heterocycles. The lowest BCUT2D eigenvalue weighted by molar-refractivity contribution is -0.154. The molecule has 2 aliphatic rings. The van der Waals surface area contributed by atoms with Gasteiger partial charge in [-0.1, -0.05) is 0 Å². The maximum absolute atomic E-state index is 6.35. The fourth-order valence-electron chi connectivity index (χ4n) is 3.48. The molecule has 11 nitrogen and oxygen atoms in total. The molecule has 2 aliphatic heterocycles. The van der Waals surface area contributed by atoms with Crippen molar-refractivity contribution in [1.82, 2.24) is 0 Å². The first-order valence-electron chi connectivity index (χ1n) is 11.7. The summed E-state index contributed by atoms with van der Waals surface area (Å²) in [5.41, 5.74) is 6.35. The van der Waals surface area contributed by atoms with Gasteiger partial charge in [-0.3, -0.25) is 0 Å². The lowest BCUT2D eigenvalue weighted by atomic mass is 10.0. The van der Waals surface area contributed by atoms with Crippen LogP contribution in [0.25, 0.3) is 0 Å². The Morgan fingerprint density at radius 2 is 1.24 bits per heavy atom. The molecule has 0 aromatic carbocycles. The number of ether oxygens (including phenoxy) is 10. The predicted molar refractivity (Wildman–Crippen MR) is 118 cm³/mol. The van der Waals surface area contributed by atoms with Gasteiger partial charge >= 0.3 is 0 Å². The van der Waals surface area contributed by atoms with Crippen LogP contribution < -0.4 is 5.73 Å². The molecule has 3 atom stereocenters. The number of rotatable bonds is 20. The largest absolute Gasteiger partial charge is 0.382 e. The van der Waals surface area contributed by atoms with E-state index in [9.17, 15) is 0 Å². The van der Waals surface area contributed by atoms with Crippen LogP contribution in [0.4, 0.5) is 0 Å². The summed E-state index contributed by atoms with van der Waals surface area (Å²) < 4.78 is 55.3. The third kappa shape index (κ3) is 12.7. The summed E-state index contributed by atoms with van der Waals surface area (Å²) in [5.74, 6) is -0.706. The fourth-order valence-corrected chi connectivity index (χ4v) is 3.48. The zero-order chi connectivity index (χ0) is 23.8. The summed E-state index contributed by atoms with van der Waals surface area (Å²) in [6.45, 7) is 10.6. The van der Waals surface area contributed by atoms with Crippen molar-refractivity contribution in [2.45, 2.75) is 50.6 Å². The summed E-state index contributed by atoms with van der Waals surface area (Å²) in [4.78, 5) is 0. The first-order valence-corrected chi connectivity index (χ1v) is 11.7. The van der Waals surface area contributed by atoms with Crippen LogP contribution in [0.2, 0.25) is 0 Å². The standard InChI is InChI=1S/C22H43NO10/c1-22(2)32-19(21(33-22)18(23)16-20-30-14-15-31-20)17-29-13-12-28-11-10-27-9-8-26-7-6-25-5-4-24-3/h18-21H,4-17,23H2,1-3H3/t18-,19-,21-/m0/s1. The second kappa shape index (κ2) is 17.1. The number of nitrogens with two attached hydrogens (primary N) is 1. The van der Waals surface area contributed by atoms with E-state index in [2.05, 4.69) is 0 Å². The Labute approximate surface area is 197 Å². The molecule has 0 aromatic heterocycles. The van der Waals surface area contributed by atoms with Crippen molar-refractivity contribution >= 4 is 0 Å². The first kappa shape index (κ1) is 28.8. The third-order valence-corrected chi connectivity index (χ3v) is 5.00. The van der Waals surface area contributed by atoms with Gasteiger partial charge in [-0.05, 0) is 13.8 Å². The second-order valence-electron chi connectivity index (χ2n) is 8.23. The van der Waals surface area contributed by atoms with Crippen molar-refractivity contribution in [3.63, 3.8) is 0 Å². The van der Waals surface area contributed by atoms with E-state index in [4.69, 9.17) is 53.1 Å². The van der Waals surface area contributed by atoms with Gasteiger partial charge in [0, 0.05) is 19.6 Å². The highest BCUT2D eigenvalue weighted by Crippen LogP contribution is 2.31. The van der Waals surface area contributed by atoms with Crippen molar-refractivity contribution in [2.24, 2.45) is 5.73 Å². The van der Waals surface area contributed by atoms with Gasteiger partial charge in [0.2, 0.25) is 0 Å². The molecular formula is C22H43NO10. The van der Waals surface area contributed by atoms with Crippen LogP contribution in [-0.4, -0.2) is 123 Å². The summed E-state index contributed by atoms with van der Waals surface area (Å²) in [5, 5.41) is 0. The second-order valence-corrected chi connectivity index (χ2v) is 8.23. The summed E-state index contributed by atoms with van der Waals surface area (Å²) in [6, 6.07) is -0.274. The van der Waals surface area contributed by atoms with E-state index in [1.165, 1.54) is 0 Å². The highest BCUT2D eigenvalue weighted by atomic mass is 16.8. The number of methoxy groups -OCH3 is 1. The third-order valence-electron chi connectivity index (χ3n) is 5.00. The van der Waals surface area contributed by atoms with Crippen molar-refractivity contribution < 1.29 is 47.4 Å². The Balaban J connectivity index is 1.43. The molecule has 2 N–H and O–H groups in total. The molecule has 2 rings (SSSR count). The molecule has 0 aliphatic carbocycles. The molecule has 0 bridgehead atoms. The van der Waals surface area contributed by atoms with Gasteiger partial charge in [-0.25, -0.2) is 0 Å². The van der Waals surface area contributed by atoms with E-state index in [0.29, 0.717) is 92.3 Å². The predicted octanol–water partition coefficient (Wildman–Crippen LogP) is 0.326. The molecule has 0 aromatic rings. The highest BCUT2D eigenvalue weighted by molar-refractivity contribution is 4.89. The zero-order valence-electron chi connectivity index (χ0n) is 20.4. The minimum Gasteiger partial charge on any atom is -0.382 e. The van der Waals surface area contributed by atoms with E-state index in [1.54, 1.807) is 7.11 Å². The fraction of sp³-hybridized carbons (Fsp3) is 1.00. The van der Waals surface area contributed by atoms with Crippen molar-refractivity contribution in [1.29, 1.82) is 0 Å². The molecule has 0 spiro atoms. The van der Waals surface area contributed by atoms with Gasteiger partial charge in [-0.2, -0.15) is 0 Å². The smallest absolute Gasteiger partial charge is 0.163 e. The average Bonchev–Trinajstić information content (AvgIpc) is 3.40. The van der Waals surface area contributed by atoms with E-state index in [0.717, 1.165) is 0 Å². The zero-order valence-corrected chi connectivity index (χ0v) is 20.4. The normalized spacial score (nSPS) is 24.0. The van der Waals surface area contributed by atoms with Crippen LogP contribution in [0.1, 0.15) is 20.3 Å². The maximum atomic E-state index is 6.35. The molecule has 11 heteroatoms. The summed E-state index contributed by atoms with van der Waals surface area (Å²) in [6.07, 6.45) is -0.278. The summed E-state index contributed by atoms with van der Waals surface area (Å²) in [7, 11) is 1.64. The van der Waals surface area contributed by atoms with Gasteiger partial charge < -0.3 is 53.1 Å². The first-order chi connectivity index (χ1) is 16.0. The van der Waals surface area contributed by atoms with E-state index in [-0.39, 0.29) is 24.5 Å². The molecule has 2 fully saturated rings. The monoisotopic (exact) mass is 481 g/mol. The van der Waals surface area contributed by atoms with Crippen LogP contribution >= 0.6 is 0 Å². The summed E-state index contributed by atoms with van der Waals surface area (Å²) >= 11 is 0. The molecule has 0 saturated carbocycles. The number of hydrogen-bond acceptors (Lipinski definition) is 11. The Hall–Kier alpha value is -0.440. The van der Waals surface area contributed by atoms with Crippen LogP contribution in [0, 0.1) is 0 Å². The lowest BCUT2D eigenvalue weighted by Crippen LogP contribution is -2.45. The van der Waals surface area contributed by atoms with Crippen LogP contribution in [0.5, 0.6) is 0 Å². The van der Waals surface area contributed by atoms with Gasteiger partial charge in [0.25, 0.3) is 0 Å². The van der Waals surface area contributed by atoms with Crippen molar-refractivity contribution in [2.75, 3.05) is 93.0 Å². The molecule has 2 saturated heterocycles. The van der Waals surface area contributed by atoms with Gasteiger partial charge in [-0.15, -0.1) is 0 Å². The Kier molecular flexibility index (Phi) is 14.9. The lowest BCUT2D eigenvalue weighted by Gasteiger charge is -2.25. The number of hydrogen-bond donors (Lipinski definition) is 1. The van der Waals surface area contributed by atoms with Crippen LogP contribution in [0.3, 0.4) is 0 Å². The van der Waals surface area contributed by atoms with E-state index >= 15 is 0 Å². The molecule has 0 amide bonds. The van der Waals surface area contributed by atoms with Crippen molar-refractivity contribution in [3.8, 4) is 0 Å². The topological polar surface area (TPSA) is 118 Å². The minimum atomic E-state index is -0.706. The quantitative estimate of drug-likeness (QED) is 0.242. The van der Waals surface area contributed by atoms with Gasteiger partial charge in [0.15, 0.2) is 12.1 Å². The van der Waals surface area contributed by atoms with Gasteiger partial charge in [0.05, 0.1) is 85.9 Å². The van der Waals surface area contributed by atoms with Crippen LogP contribution in [-0.2, 0) is 47.4 Å². The Morgan fingerprint density at radius 3 is 1.76 bits per heavy atom. The highest BCUT2D eigenvalue weighted by Gasteiger charge is 2.45. The van der Waals surface area contributed by atoms with Crippen molar-refractivity contribution in [3.05, 3.63) is 0 Å². The van der Waals surface area contributed by atoms with E-state index in [1.807, 2.05) is 13.8 Å². The molecular weight excluding hydrogens is 438 g/mol. The molecule has 33 heavy (non-hydrogen) atoms. The van der Waals surface area contributed by atoms with Crippen LogP contribution in [0.15, 0.2) is 0 Å². The molecule has 0 radical (unpaired) electrons. The minimum absolute atomic E-state index is 0.259. The van der Waals surface area contributed by atoms with Gasteiger partial charge in [0.1, 0.15) is 12.2 Å². The average molecular weight is 482 g/mol. The molecule has 196 valence electrons. The van der Waals surface area contributed by atoms with E-state index < -0.39 is 5.79 Å².